The van der Waals surface area contributed by atoms with Crippen molar-refractivity contribution in [3.8, 4) is 0 Å². The van der Waals surface area contributed by atoms with E-state index in [1.807, 2.05) is 26.8 Å². The van der Waals surface area contributed by atoms with Crippen LogP contribution in [0.3, 0.4) is 0 Å². The lowest BCUT2D eigenvalue weighted by atomic mass is 10.2. The number of carbonyl (C=O) groups excluding carboxylic acids is 1. The predicted molar refractivity (Wildman–Crippen MR) is 78.6 cm³/mol. The molecule has 2 heterocycles. The first-order valence-corrected chi connectivity index (χ1v) is 6.79. The van der Waals surface area contributed by atoms with E-state index in [4.69, 9.17) is 10.5 Å². The Kier molecular flexibility index (Phi) is 4.01. The zero-order valence-corrected chi connectivity index (χ0v) is 12.2. The average Bonchev–Trinajstić information content (AvgIpc) is 2.74. The summed E-state index contributed by atoms with van der Waals surface area (Å²) in [6.07, 6.45) is 2.19. The van der Waals surface area contributed by atoms with Gasteiger partial charge in [0.15, 0.2) is 0 Å². The monoisotopic (exact) mass is 278 g/mol. The lowest BCUT2D eigenvalue weighted by molar-refractivity contribution is 0.0509. The summed E-state index contributed by atoms with van der Waals surface area (Å²) in [6, 6.07) is 3.68. The number of anilines is 2. The normalized spacial score (nSPS) is 18.9. The molecule has 20 heavy (non-hydrogen) atoms. The molecule has 3 N–H and O–H groups in total. The zero-order valence-electron chi connectivity index (χ0n) is 12.2. The number of nitrogens with two attached hydrogens (primary N) is 1. The van der Waals surface area contributed by atoms with Gasteiger partial charge in [-0.05, 0) is 33.3 Å². The van der Waals surface area contributed by atoms with Gasteiger partial charge < -0.3 is 20.7 Å². The largest absolute Gasteiger partial charge is 0.444 e. The first-order valence-electron chi connectivity index (χ1n) is 6.79. The van der Waals surface area contributed by atoms with Crippen LogP contribution in [0.25, 0.3) is 0 Å². The van der Waals surface area contributed by atoms with E-state index in [9.17, 15) is 4.79 Å². The van der Waals surface area contributed by atoms with E-state index < -0.39 is 5.60 Å². The summed E-state index contributed by atoms with van der Waals surface area (Å²) in [7, 11) is 0. The van der Waals surface area contributed by atoms with Crippen molar-refractivity contribution in [1.82, 2.24) is 10.3 Å². The summed E-state index contributed by atoms with van der Waals surface area (Å²) < 4.78 is 5.26. The Morgan fingerprint density at radius 3 is 2.95 bits per heavy atom. The fourth-order valence-electron chi connectivity index (χ4n) is 2.17. The minimum Gasteiger partial charge on any atom is -0.444 e. The number of alkyl carbamates (subject to hydrolysis) is 1. The minimum atomic E-state index is -0.474. The molecule has 0 aliphatic carbocycles. The molecular weight excluding hydrogens is 256 g/mol. The van der Waals surface area contributed by atoms with E-state index in [1.165, 1.54) is 0 Å². The van der Waals surface area contributed by atoms with Crippen LogP contribution < -0.4 is 16.0 Å². The lowest BCUT2D eigenvalue weighted by Crippen LogP contribution is -2.40. The third-order valence-corrected chi connectivity index (χ3v) is 3.00. The molecule has 1 fully saturated rings. The van der Waals surface area contributed by atoms with Crippen molar-refractivity contribution in [1.29, 1.82) is 0 Å². The van der Waals surface area contributed by atoms with Crippen molar-refractivity contribution in [2.75, 3.05) is 23.7 Å². The number of rotatable bonds is 2. The maximum Gasteiger partial charge on any atom is 0.407 e. The molecular formula is C14H22N4O2. The Bertz CT molecular complexity index is 484. The summed E-state index contributed by atoms with van der Waals surface area (Å²) in [6.45, 7) is 7.12. The third kappa shape index (κ3) is 4.01. The van der Waals surface area contributed by atoms with Crippen molar-refractivity contribution in [2.45, 2.75) is 38.8 Å². The average molecular weight is 278 g/mol. The molecule has 2 rings (SSSR count). The molecule has 1 amide bonds. The van der Waals surface area contributed by atoms with Gasteiger partial charge in [-0.15, -0.1) is 0 Å². The first-order chi connectivity index (χ1) is 9.33. The smallest absolute Gasteiger partial charge is 0.407 e. The SMILES string of the molecule is CC(C)(C)OC(=O)N[C@@H]1CCN(c2cc(N)ccn2)C1. The van der Waals surface area contributed by atoms with Gasteiger partial charge >= 0.3 is 6.09 Å². The second kappa shape index (κ2) is 5.56. The van der Waals surface area contributed by atoms with Crippen LogP contribution in [-0.4, -0.2) is 35.8 Å². The molecule has 110 valence electrons. The van der Waals surface area contributed by atoms with E-state index >= 15 is 0 Å². The maximum atomic E-state index is 11.7. The van der Waals surface area contributed by atoms with Crippen molar-refractivity contribution in [3.05, 3.63) is 18.3 Å². The zero-order chi connectivity index (χ0) is 14.8. The Morgan fingerprint density at radius 2 is 2.30 bits per heavy atom. The van der Waals surface area contributed by atoms with Gasteiger partial charge in [0.05, 0.1) is 6.04 Å². The van der Waals surface area contributed by atoms with Crippen molar-refractivity contribution >= 4 is 17.6 Å². The minimum absolute atomic E-state index is 0.0769. The number of nitrogen functional groups attached to an aromatic ring is 1. The molecule has 0 radical (unpaired) electrons. The van der Waals surface area contributed by atoms with E-state index in [1.54, 1.807) is 12.3 Å². The molecule has 6 nitrogen and oxygen atoms in total. The molecule has 0 unspecified atom stereocenters. The second-order valence-corrected chi connectivity index (χ2v) is 6.03. The first kappa shape index (κ1) is 14.4. The van der Waals surface area contributed by atoms with E-state index in [2.05, 4.69) is 15.2 Å². The van der Waals surface area contributed by atoms with Gasteiger partial charge in [0.25, 0.3) is 0 Å². The highest BCUT2D eigenvalue weighted by atomic mass is 16.6. The van der Waals surface area contributed by atoms with Crippen molar-refractivity contribution in [3.63, 3.8) is 0 Å². The number of nitrogens with zero attached hydrogens (tertiary/aromatic N) is 2. The number of ether oxygens (including phenoxy) is 1. The third-order valence-electron chi connectivity index (χ3n) is 3.00. The molecule has 0 bridgehead atoms. The summed E-state index contributed by atoms with van der Waals surface area (Å²) in [5.74, 6) is 0.846. The van der Waals surface area contributed by atoms with Crippen LogP contribution in [0, 0.1) is 0 Å². The second-order valence-electron chi connectivity index (χ2n) is 6.03. The molecule has 0 spiro atoms. The van der Waals surface area contributed by atoms with Gasteiger partial charge in [-0.1, -0.05) is 0 Å². The van der Waals surface area contributed by atoms with Crippen LogP contribution in [0.4, 0.5) is 16.3 Å². The van der Waals surface area contributed by atoms with Gasteiger partial charge in [0.1, 0.15) is 11.4 Å². The molecule has 1 aromatic rings. The van der Waals surface area contributed by atoms with Crippen molar-refractivity contribution < 1.29 is 9.53 Å². The fraction of sp³-hybridized carbons (Fsp3) is 0.571. The van der Waals surface area contributed by atoms with Gasteiger partial charge in [0.2, 0.25) is 0 Å². The van der Waals surface area contributed by atoms with Gasteiger partial charge in [-0.3, -0.25) is 0 Å². The summed E-state index contributed by atoms with van der Waals surface area (Å²) >= 11 is 0. The molecule has 1 aliphatic heterocycles. The molecule has 1 aliphatic rings. The number of amides is 1. The molecule has 6 heteroatoms. The number of aromatic nitrogens is 1. The Morgan fingerprint density at radius 1 is 1.55 bits per heavy atom. The highest BCUT2D eigenvalue weighted by molar-refractivity contribution is 5.68. The molecule has 1 saturated heterocycles. The highest BCUT2D eigenvalue weighted by Gasteiger charge is 2.26. The topological polar surface area (TPSA) is 80.5 Å². The summed E-state index contributed by atoms with van der Waals surface area (Å²) in [5, 5.41) is 2.89. The van der Waals surface area contributed by atoms with Crippen molar-refractivity contribution in [2.24, 2.45) is 0 Å². The van der Waals surface area contributed by atoms with Crippen LogP contribution in [0.1, 0.15) is 27.2 Å². The van der Waals surface area contributed by atoms with Crippen LogP contribution in [0.15, 0.2) is 18.3 Å². The Labute approximate surface area is 119 Å². The number of hydrogen-bond acceptors (Lipinski definition) is 5. The standard InChI is InChI=1S/C14H22N4O2/c1-14(2,3)20-13(19)17-11-5-7-18(9-11)12-8-10(15)4-6-16-12/h4,6,8,11H,5,7,9H2,1-3H3,(H2,15,16)(H,17,19)/t11-/m1/s1. The molecule has 1 aromatic heterocycles. The predicted octanol–water partition coefficient (Wildman–Crippen LogP) is 1.77. The summed E-state index contributed by atoms with van der Waals surface area (Å²) in [4.78, 5) is 18.1. The van der Waals surface area contributed by atoms with Crippen LogP contribution >= 0.6 is 0 Å². The van der Waals surface area contributed by atoms with Crippen LogP contribution in [0.2, 0.25) is 0 Å². The molecule has 0 aromatic carbocycles. The van der Waals surface area contributed by atoms with Crippen LogP contribution in [0.5, 0.6) is 0 Å². The van der Waals surface area contributed by atoms with Gasteiger partial charge in [-0.2, -0.15) is 0 Å². The fourth-order valence-corrected chi connectivity index (χ4v) is 2.17. The molecule has 0 saturated carbocycles. The summed E-state index contributed by atoms with van der Waals surface area (Å²) in [5.41, 5.74) is 5.97. The van der Waals surface area contributed by atoms with E-state index in [0.717, 1.165) is 25.3 Å². The van der Waals surface area contributed by atoms with Crippen LogP contribution in [-0.2, 0) is 4.74 Å². The van der Waals surface area contributed by atoms with Gasteiger partial charge in [0, 0.05) is 31.0 Å². The van der Waals surface area contributed by atoms with Gasteiger partial charge in [-0.25, -0.2) is 9.78 Å². The quantitative estimate of drug-likeness (QED) is 0.861. The van der Waals surface area contributed by atoms with E-state index in [0.29, 0.717) is 5.69 Å². The lowest BCUT2D eigenvalue weighted by Gasteiger charge is -2.22. The number of pyridine rings is 1. The number of hydrogen-bond donors (Lipinski definition) is 2. The highest BCUT2D eigenvalue weighted by Crippen LogP contribution is 2.20. The molecule has 1 atom stereocenters. The van der Waals surface area contributed by atoms with E-state index in [-0.39, 0.29) is 12.1 Å². The number of nitrogens with one attached hydrogen (secondary N) is 1. The Hall–Kier alpha value is -1.98. The maximum absolute atomic E-state index is 11.7. The Balaban J connectivity index is 1.88. The number of carbonyl (C=O) groups is 1.